The van der Waals surface area contributed by atoms with E-state index in [1.165, 1.54) is 198 Å². The second-order valence-electron chi connectivity index (χ2n) is 35.4. The van der Waals surface area contributed by atoms with Gasteiger partial charge in [-0.15, -0.1) is 0 Å². The summed E-state index contributed by atoms with van der Waals surface area (Å²) in [5.74, 6) is 0.170. The van der Waals surface area contributed by atoms with E-state index >= 15 is 0 Å². The first-order valence-corrected chi connectivity index (χ1v) is 44.9. The molecule has 6 aliphatic carbocycles. The van der Waals surface area contributed by atoms with Crippen LogP contribution in [0.3, 0.4) is 0 Å². The zero-order chi connectivity index (χ0) is 87.4. The Hall–Kier alpha value is -14.4. The zero-order valence-corrected chi connectivity index (χ0v) is 72.0. The summed E-state index contributed by atoms with van der Waals surface area (Å²) in [4.78, 5) is 60.3. The summed E-state index contributed by atoms with van der Waals surface area (Å²) in [6.07, 6.45) is 30.8. The van der Waals surface area contributed by atoms with Gasteiger partial charge in [-0.3, -0.25) is 25.3 Å². The normalized spacial score (nSPS) is 14.5. The molecule has 20 nitrogen and oxygen atoms in total. The molecule has 1 fully saturated rings. The average Bonchev–Trinajstić information content (AvgIpc) is 1.40. The minimum Gasteiger partial charge on any atom is -0.508 e. The number of phenols is 2. The summed E-state index contributed by atoms with van der Waals surface area (Å²) in [7, 11) is 0. The molecule has 1 saturated carbocycles. The van der Waals surface area contributed by atoms with Crippen molar-refractivity contribution in [2.24, 2.45) is 0 Å². The number of benzene rings is 9. The summed E-state index contributed by atoms with van der Waals surface area (Å²) in [6, 6.07) is 53.7. The maximum Gasteiger partial charge on any atom is 0.373 e. The van der Waals surface area contributed by atoms with Crippen molar-refractivity contribution in [3.63, 3.8) is 0 Å². The number of aryl methyl sites for hydroxylation is 7. The largest absolute Gasteiger partial charge is 0.508 e. The van der Waals surface area contributed by atoms with Crippen LogP contribution in [0.1, 0.15) is 164 Å². The highest BCUT2D eigenvalue weighted by atomic mass is 19.1. The van der Waals surface area contributed by atoms with Gasteiger partial charge in [-0.25, -0.2) is 28.5 Å². The third-order valence-electron chi connectivity index (χ3n) is 26.6. The molecule has 2 amide bonds. The first kappa shape index (κ1) is 81.9. The number of aromatic amines is 5. The van der Waals surface area contributed by atoms with Crippen LogP contribution in [-0.2, 0) is 79.3 Å². The number of urea groups is 1. The monoisotopic (exact) mass is 1700 g/mol. The van der Waals surface area contributed by atoms with E-state index in [0.717, 1.165) is 194 Å². The fraction of sp³-hybridized carbons (Fsp3) is 0.264. The van der Waals surface area contributed by atoms with Crippen LogP contribution >= 0.6 is 0 Å². The Balaban J connectivity index is 0.0000000997. The second kappa shape index (κ2) is 34.5. The van der Waals surface area contributed by atoms with Crippen molar-refractivity contribution in [2.75, 3.05) is 0 Å². The van der Waals surface area contributed by atoms with Crippen molar-refractivity contribution in [1.82, 2.24) is 76.1 Å². The van der Waals surface area contributed by atoms with Crippen LogP contribution in [-0.4, -0.2) is 93.9 Å². The molecule has 0 radical (unpaired) electrons. The van der Waals surface area contributed by atoms with Crippen LogP contribution in [0.25, 0.3) is 154 Å². The Morgan fingerprint density at radius 1 is 0.406 bits per heavy atom. The molecule has 0 unspecified atom stereocenters. The van der Waals surface area contributed by atoms with Crippen molar-refractivity contribution in [3.8, 4) is 56.5 Å². The van der Waals surface area contributed by atoms with E-state index in [-0.39, 0.29) is 29.6 Å². The lowest BCUT2D eigenvalue weighted by molar-refractivity contribution is -0.191. The first-order valence-electron chi connectivity index (χ1n) is 44.9. The van der Waals surface area contributed by atoms with E-state index < -0.39 is 5.54 Å². The number of phenolic OH excluding ortho intramolecular Hbond substituents is 2. The van der Waals surface area contributed by atoms with Gasteiger partial charge in [0.15, 0.2) is 0 Å². The molecule has 0 bridgehead atoms. The van der Waals surface area contributed by atoms with Crippen molar-refractivity contribution in [1.29, 1.82) is 0 Å². The van der Waals surface area contributed by atoms with E-state index in [9.17, 15) is 23.8 Å². The number of hydrogen-bond acceptors (Lipinski definition) is 13. The lowest BCUT2D eigenvalue weighted by Gasteiger charge is -2.31. The number of aromatic hydroxyl groups is 2. The second-order valence-corrected chi connectivity index (χ2v) is 35.4. The van der Waals surface area contributed by atoms with Gasteiger partial charge in [-0.2, -0.15) is 24.9 Å². The SMILES string of the molecule is CC(C)(NC(=O)NC1CC1)c1nc2ccc3[nH]ncc3c2c2c1CCCC2.Cc1[nH]nc2ccc3nc(-c4ccc(O)cc4)c4c(c3c12)CCCC4.Cc1cc2c(ccc3nc(-c4ccc(O)cc4)c4c(c32)CCCC4)[nH]1.Fc1ccc(-c2[nH]c3ccc4nccc4c3c3c2CCCC3)cc1.Fc1ccc(-c2nc3ccc4[nH]ncc4c3c3c2CCCC3)cc1.O=C=O. The Kier molecular flexibility index (Phi) is 22.1. The van der Waals surface area contributed by atoms with Gasteiger partial charge in [0, 0.05) is 111 Å². The molecule has 0 spiro atoms. The molecule has 0 aliphatic heterocycles. The number of H-pyrrole nitrogens is 5. The quantitative estimate of drug-likeness (QED) is 0.0718. The van der Waals surface area contributed by atoms with Gasteiger partial charge in [0.05, 0.1) is 84.8 Å². The molecule has 0 atom stereocenters. The molecule has 19 aromatic rings. The number of pyridine rings is 5. The van der Waals surface area contributed by atoms with Crippen LogP contribution in [0.15, 0.2) is 188 Å². The maximum atomic E-state index is 13.3. The molecule has 0 saturated heterocycles. The van der Waals surface area contributed by atoms with Crippen LogP contribution in [0.4, 0.5) is 13.6 Å². The highest BCUT2D eigenvalue weighted by Crippen LogP contribution is 2.46. The van der Waals surface area contributed by atoms with Crippen molar-refractivity contribution in [2.45, 2.75) is 181 Å². The number of nitrogens with one attached hydrogen (secondary N) is 7. The Bertz CT molecular complexity index is 7390. The average molecular weight is 1700 g/mol. The van der Waals surface area contributed by atoms with E-state index in [1.807, 2.05) is 85.3 Å². The number of halogens is 2. The third-order valence-corrected chi connectivity index (χ3v) is 26.6. The number of nitrogens with zero attached hydrogens (tertiary/aromatic N) is 8. The van der Waals surface area contributed by atoms with E-state index in [4.69, 9.17) is 29.5 Å². The molecule has 9 N–H and O–H groups in total. The van der Waals surface area contributed by atoms with Gasteiger partial charge in [0.1, 0.15) is 23.1 Å². The van der Waals surface area contributed by atoms with Crippen LogP contribution < -0.4 is 10.6 Å². The molecule has 25 rings (SSSR count). The number of hydrogen-bond donors (Lipinski definition) is 9. The summed E-state index contributed by atoms with van der Waals surface area (Å²) < 4.78 is 26.6. The minimum atomic E-state index is -0.528. The third kappa shape index (κ3) is 15.7. The molecule has 10 aromatic heterocycles. The molecule has 9 aromatic carbocycles. The van der Waals surface area contributed by atoms with Gasteiger partial charge in [0.25, 0.3) is 0 Å². The molecule has 128 heavy (non-hydrogen) atoms. The molecule has 22 heteroatoms. The van der Waals surface area contributed by atoms with Gasteiger partial charge in [-0.05, 0) is 400 Å². The van der Waals surface area contributed by atoms with E-state index in [1.54, 1.807) is 24.3 Å². The van der Waals surface area contributed by atoms with Crippen LogP contribution in [0.2, 0.25) is 0 Å². The number of fused-ring (bicyclic) bond motifs is 25. The molecular formula is C106H97F2N15O5. The number of carbonyl (C=O) groups is 1. The fourth-order valence-corrected chi connectivity index (χ4v) is 20.7. The van der Waals surface area contributed by atoms with Gasteiger partial charge < -0.3 is 30.8 Å². The molecule has 6 aliphatic rings. The number of carbonyl (C=O) groups excluding carboxylic acids is 3. The number of rotatable bonds is 7. The molecular weight excluding hydrogens is 1600 g/mol. The van der Waals surface area contributed by atoms with Crippen LogP contribution in [0, 0.1) is 25.5 Å². The predicted octanol–water partition coefficient (Wildman–Crippen LogP) is 23.2. The lowest BCUT2D eigenvalue weighted by atomic mass is 9.82. The number of amides is 2. The van der Waals surface area contributed by atoms with Crippen LogP contribution in [0.5, 0.6) is 11.5 Å². The Labute approximate surface area is 736 Å². The van der Waals surface area contributed by atoms with Crippen molar-refractivity contribution < 1.29 is 33.4 Å². The summed E-state index contributed by atoms with van der Waals surface area (Å²) >= 11 is 0. The van der Waals surface area contributed by atoms with Crippen molar-refractivity contribution in [3.05, 3.63) is 273 Å². The summed E-state index contributed by atoms with van der Waals surface area (Å²) in [6.45, 7) is 8.30. The smallest absolute Gasteiger partial charge is 0.373 e. The van der Waals surface area contributed by atoms with Crippen molar-refractivity contribution >= 4 is 121 Å². The summed E-state index contributed by atoms with van der Waals surface area (Å²) in [5.41, 5.74) is 35.6. The maximum absolute atomic E-state index is 13.3. The first-order chi connectivity index (χ1) is 62.5. The standard InChI is InChI=1S/C22H20N2O.C21H17FN2.C21H25N5O.C21H19N3O.C20H16FN3.CO2/c1-13-12-18-19(23-13)10-11-20-21(18)16-4-2-3-5-17(16)22(24-20)14-6-8-15(25)9-7-14;22-14-7-5-13(6-8-14)21-16-4-2-1-3-15(16)20-17-11-12-23-18(17)9-10-19(20)24-21;1-21(2,25-20(27)23-12-7-8-12)19-14-6-4-3-5-13(14)18-15-11-22-26-16(15)9-10-17(18)24-19;1-12-19-18(24-23-12)11-10-17-20(19)15-4-2-3-5-16(15)21(22-17)13-6-8-14(25)9-7-13;21-13-7-5-12(6-8-13)20-15-4-2-1-3-14(15)19-16-11-22-24-17(16)9-10-18(19)23-20;2-1-3/h6-12,23,25H,2-5H2,1H3;5-12,24H,1-4H2;9-12H,3-8H2,1-2H3,(H,22,26)(H2,23,25,27);6-11,25H,2-5H2,1H3,(H,23,24);5-11H,1-4H2,(H,22,24);. The summed E-state index contributed by atoms with van der Waals surface area (Å²) in [5, 5.41) is 59.8. The number of aromatic nitrogens is 13. The highest BCUT2D eigenvalue weighted by molar-refractivity contribution is 6.13. The molecule has 640 valence electrons. The topological polar surface area (TPSA) is 298 Å². The van der Waals surface area contributed by atoms with Gasteiger partial charge in [0.2, 0.25) is 0 Å². The predicted molar refractivity (Wildman–Crippen MR) is 502 cm³/mol. The minimum absolute atomic E-state index is 0.0979. The molecule has 10 heterocycles. The van der Waals surface area contributed by atoms with E-state index in [0.29, 0.717) is 11.8 Å². The lowest BCUT2D eigenvalue weighted by Crippen LogP contribution is -2.48. The Morgan fingerprint density at radius 2 is 0.812 bits per heavy atom. The highest BCUT2D eigenvalue weighted by Gasteiger charge is 2.34. The van der Waals surface area contributed by atoms with Gasteiger partial charge in [-0.1, -0.05) is 0 Å². The van der Waals surface area contributed by atoms with Gasteiger partial charge >= 0.3 is 12.2 Å². The fourth-order valence-electron chi connectivity index (χ4n) is 20.7. The zero-order valence-electron chi connectivity index (χ0n) is 72.0. The van der Waals surface area contributed by atoms with E-state index in [2.05, 4.69) is 138 Å². The Morgan fingerprint density at radius 3 is 1.34 bits per heavy atom.